The molecule has 0 spiro atoms. The molecule has 1 aliphatic rings. The molecule has 2 bridgehead atoms. The summed E-state index contributed by atoms with van der Waals surface area (Å²) in [4.78, 5) is 40.4. The third-order valence-corrected chi connectivity index (χ3v) is 5.92. The van der Waals surface area contributed by atoms with Gasteiger partial charge < -0.3 is 30.7 Å². The van der Waals surface area contributed by atoms with E-state index in [4.69, 9.17) is 15.2 Å². The van der Waals surface area contributed by atoms with E-state index in [0.29, 0.717) is 36.6 Å². The Morgan fingerprint density at radius 2 is 2.00 bits per heavy atom. The fraction of sp³-hybridized carbons (Fsp3) is 0.423. The van der Waals surface area contributed by atoms with Gasteiger partial charge in [-0.05, 0) is 62.2 Å². The normalized spacial score (nSPS) is 18.9. The first-order valence-corrected chi connectivity index (χ1v) is 11.8. The van der Waals surface area contributed by atoms with Gasteiger partial charge in [-0.15, -0.1) is 0 Å². The standard InChI is InChI=1S/C26H34N4O5/c1-17-16-35-23-10-8-20(34-3)15-21(23)18-6-4-7-19(14-18)26(33)30(2)22(9-11-24(31)29-17)25(32)28-13-5-12-27/h4,6-8,10,14-15,17,22H,5,9,11-13,16,27H2,1-3H3,(H,28,32)(H,29,31)/t17-,22+/m1/s1. The lowest BCUT2D eigenvalue weighted by Crippen LogP contribution is -2.48. The van der Waals surface area contributed by atoms with Crippen molar-refractivity contribution in [3.63, 3.8) is 0 Å². The molecule has 2 aromatic rings. The maximum Gasteiger partial charge on any atom is 0.254 e. The maximum absolute atomic E-state index is 13.4. The summed E-state index contributed by atoms with van der Waals surface area (Å²) in [6.45, 7) is 2.96. The number of hydrogen-bond acceptors (Lipinski definition) is 6. The molecule has 0 radical (unpaired) electrons. The number of ether oxygens (including phenoxy) is 2. The summed E-state index contributed by atoms with van der Waals surface area (Å²) in [6.07, 6.45) is 0.900. The highest BCUT2D eigenvalue weighted by Crippen LogP contribution is 2.34. The van der Waals surface area contributed by atoms with Crippen LogP contribution in [0.2, 0.25) is 0 Å². The molecule has 0 aromatic heterocycles. The molecule has 9 heteroatoms. The second-order valence-electron chi connectivity index (χ2n) is 8.63. The SMILES string of the molecule is COc1ccc2c(c1)-c1cccc(c1)C(=O)N(C)[C@H](C(=O)NCCCN)CCC(=O)N[C@H](C)CO2. The Balaban J connectivity index is 2.01. The number of likely N-dealkylation sites (N-methyl/N-ethyl adjacent to an activating group) is 1. The van der Waals surface area contributed by atoms with Crippen LogP contribution in [0.5, 0.6) is 11.5 Å². The molecule has 0 saturated heterocycles. The minimum absolute atomic E-state index is 0.0881. The smallest absolute Gasteiger partial charge is 0.254 e. The van der Waals surface area contributed by atoms with Gasteiger partial charge in [-0.1, -0.05) is 12.1 Å². The Labute approximate surface area is 206 Å². The lowest BCUT2D eigenvalue weighted by Gasteiger charge is -2.27. The molecule has 0 fully saturated rings. The summed E-state index contributed by atoms with van der Waals surface area (Å²) >= 11 is 0. The lowest BCUT2D eigenvalue weighted by molar-refractivity contribution is -0.126. The van der Waals surface area contributed by atoms with Crippen molar-refractivity contribution in [2.24, 2.45) is 5.73 Å². The molecule has 1 heterocycles. The zero-order valence-electron chi connectivity index (χ0n) is 20.5. The van der Waals surface area contributed by atoms with Crippen molar-refractivity contribution in [3.05, 3.63) is 48.0 Å². The van der Waals surface area contributed by atoms with E-state index in [0.717, 1.165) is 11.1 Å². The summed E-state index contributed by atoms with van der Waals surface area (Å²) in [5.74, 6) is 0.410. The summed E-state index contributed by atoms with van der Waals surface area (Å²) in [7, 11) is 3.17. The molecule has 4 N–H and O–H groups in total. The van der Waals surface area contributed by atoms with Gasteiger partial charge in [0.05, 0.1) is 13.2 Å². The fourth-order valence-corrected chi connectivity index (χ4v) is 3.96. The van der Waals surface area contributed by atoms with Crippen LogP contribution < -0.4 is 25.8 Å². The van der Waals surface area contributed by atoms with Crippen LogP contribution in [0.3, 0.4) is 0 Å². The van der Waals surface area contributed by atoms with E-state index in [9.17, 15) is 14.4 Å². The van der Waals surface area contributed by atoms with Crippen LogP contribution >= 0.6 is 0 Å². The van der Waals surface area contributed by atoms with E-state index in [2.05, 4.69) is 10.6 Å². The number of nitrogens with zero attached hydrogens (tertiary/aromatic N) is 1. The van der Waals surface area contributed by atoms with Gasteiger partial charge >= 0.3 is 0 Å². The Hall–Kier alpha value is -3.59. The van der Waals surface area contributed by atoms with Crippen molar-refractivity contribution in [2.75, 3.05) is 33.9 Å². The summed E-state index contributed by atoms with van der Waals surface area (Å²) < 4.78 is 11.4. The van der Waals surface area contributed by atoms with Gasteiger partial charge in [0.1, 0.15) is 24.1 Å². The summed E-state index contributed by atoms with van der Waals surface area (Å²) in [5, 5.41) is 5.73. The molecule has 0 saturated carbocycles. The van der Waals surface area contributed by atoms with Gasteiger partial charge in [-0.3, -0.25) is 14.4 Å². The van der Waals surface area contributed by atoms with E-state index in [1.54, 1.807) is 38.4 Å². The highest BCUT2D eigenvalue weighted by molar-refractivity contribution is 5.98. The largest absolute Gasteiger partial charge is 0.497 e. The van der Waals surface area contributed by atoms with Crippen LogP contribution in [-0.2, 0) is 9.59 Å². The molecule has 188 valence electrons. The van der Waals surface area contributed by atoms with Crippen molar-refractivity contribution < 1.29 is 23.9 Å². The lowest BCUT2D eigenvalue weighted by atomic mass is 10.0. The number of methoxy groups -OCH3 is 1. The average molecular weight is 483 g/mol. The molecule has 2 atom stereocenters. The molecular formula is C26H34N4O5. The molecule has 0 unspecified atom stereocenters. The maximum atomic E-state index is 13.4. The molecule has 2 aromatic carbocycles. The predicted octanol–water partition coefficient (Wildman–Crippen LogP) is 1.95. The van der Waals surface area contributed by atoms with E-state index < -0.39 is 6.04 Å². The topological polar surface area (TPSA) is 123 Å². The number of rotatable bonds is 5. The van der Waals surface area contributed by atoms with Crippen LogP contribution in [0.15, 0.2) is 42.5 Å². The van der Waals surface area contributed by atoms with E-state index in [1.807, 2.05) is 25.1 Å². The van der Waals surface area contributed by atoms with Crippen LogP contribution in [0, 0.1) is 0 Å². The van der Waals surface area contributed by atoms with Crippen LogP contribution in [0.25, 0.3) is 11.1 Å². The minimum Gasteiger partial charge on any atom is -0.497 e. The predicted molar refractivity (Wildman–Crippen MR) is 133 cm³/mol. The highest BCUT2D eigenvalue weighted by Gasteiger charge is 2.28. The van der Waals surface area contributed by atoms with Crippen molar-refractivity contribution in [2.45, 2.75) is 38.3 Å². The summed E-state index contributed by atoms with van der Waals surface area (Å²) in [5.41, 5.74) is 7.48. The van der Waals surface area contributed by atoms with E-state index in [-0.39, 0.29) is 43.2 Å². The zero-order valence-corrected chi connectivity index (χ0v) is 20.5. The van der Waals surface area contributed by atoms with Gasteiger partial charge in [0.25, 0.3) is 5.91 Å². The first-order valence-electron chi connectivity index (χ1n) is 11.8. The molecule has 35 heavy (non-hydrogen) atoms. The van der Waals surface area contributed by atoms with Gasteiger partial charge in [-0.25, -0.2) is 0 Å². The number of nitrogens with one attached hydrogen (secondary N) is 2. The van der Waals surface area contributed by atoms with Gasteiger partial charge in [0.2, 0.25) is 11.8 Å². The Kier molecular flexibility index (Phi) is 9.08. The average Bonchev–Trinajstić information content (AvgIpc) is 2.86. The molecule has 3 rings (SSSR count). The molecule has 1 aliphatic heterocycles. The molecular weight excluding hydrogens is 448 g/mol. The Morgan fingerprint density at radius 1 is 1.23 bits per heavy atom. The number of benzene rings is 2. The van der Waals surface area contributed by atoms with Crippen LogP contribution in [-0.4, -0.2) is 68.6 Å². The zero-order chi connectivity index (χ0) is 25.4. The van der Waals surface area contributed by atoms with E-state index >= 15 is 0 Å². The third-order valence-electron chi connectivity index (χ3n) is 5.92. The number of amides is 3. The number of nitrogens with two attached hydrogens (primary N) is 1. The van der Waals surface area contributed by atoms with Gasteiger partial charge in [0, 0.05) is 31.1 Å². The second-order valence-corrected chi connectivity index (χ2v) is 8.63. The van der Waals surface area contributed by atoms with Crippen molar-refractivity contribution in [1.82, 2.24) is 15.5 Å². The van der Waals surface area contributed by atoms with Crippen LogP contribution in [0.4, 0.5) is 0 Å². The van der Waals surface area contributed by atoms with Crippen molar-refractivity contribution in [3.8, 4) is 22.6 Å². The van der Waals surface area contributed by atoms with Crippen molar-refractivity contribution >= 4 is 17.7 Å². The molecule has 3 amide bonds. The summed E-state index contributed by atoms with van der Waals surface area (Å²) in [6, 6.07) is 11.5. The number of carbonyl (C=O) groups excluding carboxylic acids is 3. The molecule has 0 aliphatic carbocycles. The van der Waals surface area contributed by atoms with Crippen LogP contribution in [0.1, 0.15) is 36.5 Å². The van der Waals surface area contributed by atoms with E-state index in [1.165, 1.54) is 4.90 Å². The first-order chi connectivity index (χ1) is 16.8. The number of hydrogen-bond donors (Lipinski definition) is 3. The van der Waals surface area contributed by atoms with Crippen molar-refractivity contribution in [1.29, 1.82) is 0 Å². The number of fused-ring (bicyclic) bond motifs is 4. The number of carbonyl (C=O) groups is 3. The highest BCUT2D eigenvalue weighted by atomic mass is 16.5. The minimum atomic E-state index is -0.807. The van der Waals surface area contributed by atoms with Gasteiger partial charge in [-0.2, -0.15) is 0 Å². The Morgan fingerprint density at radius 3 is 2.74 bits per heavy atom. The molecule has 9 nitrogen and oxygen atoms in total. The first kappa shape index (κ1) is 26.0. The second kappa shape index (κ2) is 12.2. The fourth-order valence-electron chi connectivity index (χ4n) is 3.96. The Bertz CT molecular complexity index is 1060. The third kappa shape index (κ3) is 6.73. The quantitative estimate of drug-likeness (QED) is 0.560. The monoisotopic (exact) mass is 482 g/mol. The van der Waals surface area contributed by atoms with Gasteiger partial charge in [0.15, 0.2) is 0 Å².